The molecule has 1 aliphatic heterocycles. The molecular formula is C17H24N2O7. The molecule has 1 atom stereocenters. The molecule has 2 amide bonds. The molecular weight excluding hydrogens is 344 g/mol. The maximum atomic E-state index is 12.6. The Labute approximate surface area is 151 Å². The lowest BCUT2D eigenvalue weighted by Crippen LogP contribution is -2.53. The zero-order chi connectivity index (χ0) is 19.1. The average molecular weight is 368 g/mol. The molecule has 144 valence electrons. The summed E-state index contributed by atoms with van der Waals surface area (Å²) in [6.07, 6.45) is 0. The first-order valence-corrected chi connectivity index (χ1v) is 8.14. The van der Waals surface area contributed by atoms with Gasteiger partial charge >= 0.3 is 0 Å². The maximum Gasteiger partial charge on any atom is 0.252 e. The minimum absolute atomic E-state index is 0.215. The Kier molecular flexibility index (Phi) is 7.05. The second kappa shape index (κ2) is 9.25. The number of rotatable bonds is 7. The van der Waals surface area contributed by atoms with E-state index >= 15 is 0 Å². The van der Waals surface area contributed by atoms with E-state index in [0.29, 0.717) is 43.6 Å². The summed E-state index contributed by atoms with van der Waals surface area (Å²) in [5.74, 6) is 0.102. The number of benzene rings is 1. The molecule has 1 aliphatic rings. The Bertz CT molecular complexity index is 619. The molecule has 0 unspecified atom stereocenters. The van der Waals surface area contributed by atoms with Gasteiger partial charge in [-0.2, -0.15) is 0 Å². The van der Waals surface area contributed by atoms with Gasteiger partial charge in [-0.25, -0.2) is 0 Å². The van der Waals surface area contributed by atoms with Crippen molar-refractivity contribution in [2.75, 3.05) is 54.2 Å². The number of methoxy groups -OCH3 is 3. The van der Waals surface area contributed by atoms with Crippen molar-refractivity contribution in [2.24, 2.45) is 0 Å². The number of carbonyl (C=O) groups is 2. The van der Waals surface area contributed by atoms with Crippen molar-refractivity contribution in [2.45, 2.75) is 6.04 Å². The monoisotopic (exact) mass is 368 g/mol. The summed E-state index contributed by atoms with van der Waals surface area (Å²) < 4.78 is 20.9. The third kappa shape index (κ3) is 4.36. The van der Waals surface area contributed by atoms with Crippen molar-refractivity contribution >= 4 is 11.8 Å². The highest BCUT2D eigenvalue weighted by atomic mass is 16.5. The van der Waals surface area contributed by atoms with Crippen LogP contribution in [0.25, 0.3) is 0 Å². The third-order valence-electron chi connectivity index (χ3n) is 4.04. The zero-order valence-corrected chi connectivity index (χ0v) is 15.1. The van der Waals surface area contributed by atoms with Gasteiger partial charge in [0.05, 0.1) is 41.2 Å². The van der Waals surface area contributed by atoms with Gasteiger partial charge in [-0.3, -0.25) is 9.59 Å². The van der Waals surface area contributed by atoms with Crippen LogP contribution in [-0.4, -0.2) is 82.1 Å². The number of nitrogens with zero attached hydrogens (tertiary/aromatic N) is 1. The van der Waals surface area contributed by atoms with E-state index in [1.165, 1.54) is 33.5 Å². The van der Waals surface area contributed by atoms with Crippen LogP contribution in [0.1, 0.15) is 10.4 Å². The van der Waals surface area contributed by atoms with Crippen LogP contribution in [0.15, 0.2) is 12.1 Å². The van der Waals surface area contributed by atoms with E-state index in [-0.39, 0.29) is 11.5 Å². The Morgan fingerprint density at radius 1 is 1.15 bits per heavy atom. The van der Waals surface area contributed by atoms with Crippen molar-refractivity contribution in [3.8, 4) is 17.2 Å². The number of carbonyl (C=O) groups excluding carboxylic acids is 2. The number of ether oxygens (including phenoxy) is 4. The number of hydrogen-bond donors (Lipinski definition) is 2. The quantitative estimate of drug-likeness (QED) is 0.678. The molecule has 0 aromatic heterocycles. The Morgan fingerprint density at radius 3 is 2.19 bits per heavy atom. The van der Waals surface area contributed by atoms with Gasteiger partial charge in [0.1, 0.15) is 6.04 Å². The van der Waals surface area contributed by atoms with E-state index in [0.717, 1.165) is 0 Å². The fourth-order valence-corrected chi connectivity index (χ4v) is 2.64. The van der Waals surface area contributed by atoms with Gasteiger partial charge in [0.15, 0.2) is 11.5 Å². The normalized spacial score (nSPS) is 15.2. The molecule has 0 radical (unpaired) electrons. The molecule has 1 saturated heterocycles. The summed E-state index contributed by atoms with van der Waals surface area (Å²) in [5, 5.41) is 12.1. The van der Waals surface area contributed by atoms with Crippen molar-refractivity contribution in [3.05, 3.63) is 17.7 Å². The van der Waals surface area contributed by atoms with E-state index in [2.05, 4.69) is 5.32 Å². The van der Waals surface area contributed by atoms with Crippen LogP contribution in [0.3, 0.4) is 0 Å². The summed E-state index contributed by atoms with van der Waals surface area (Å²) in [6, 6.07) is 1.91. The summed E-state index contributed by atoms with van der Waals surface area (Å²) in [5.41, 5.74) is 0.215. The van der Waals surface area contributed by atoms with Crippen LogP contribution >= 0.6 is 0 Å². The number of nitrogens with one attached hydrogen (secondary N) is 1. The maximum absolute atomic E-state index is 12.6. The van der Waals surface area contributed by atoms with Gasteiger partial charge in [0.25, 0.3) is 5.91 Å². The lowest BCUT2D eigenvalue weighted by Gasteiger charge is -2.30. The molecule has 1 fully saturated rings. The molecule has 2 rings (SSSR count). The first-order valence-electron chi connectivity index (χ1n) is 8.14. The van der Waals surface area contributed by atoms with Gasteiger partial charge in [0, 0.05) is 18.7 Å². The molecule has 1 heterocycles. The van der Waals surface area contributed by atoms with Crippen LogP contribution in [0, 0.1) is 0 Å². The first kappa shape index (κ1) is 19.8. The van der Waals surface area contributed by atoms with E-state index in [4.69, 9.17) is 18.9 Å². The molecule has 0 aliphatic carbocycles. The molecule has 26 heavy (non-hydrogen) atoms. The third-order valence-corrected chi connectivity index (χ3v) is 4.04. The second-order valence-electron chi connectivity index (χ2n) is 5.56. The van der Waals surface area contributed by atoms with Crippen LogP contribution in [-0.2, 0) is 9.53 Å². The molecule has 9 nitrogen and oxygen atoms in total. The number of amides is 2. The van der Waals surface area contributed by atoms with Gasteiger partial charge < -0.3 is 34.3 Å². The van der Waals surface area contributed by atoms with Gasteiger partial charge in [-0.15, -0.1) is 0 Å². The van der Waals surface area contributed by atoms with E-state index in [9.17, 15) is 14.7 Å². The highest BCUT2D eigenvalue weighted by Crippen LogP contribution is 2.38. The summed E-state index contributed by atoms with van der Waals surface area (Å²) in [4.78, 5) is 26.6. The number of hydrogen-bond acceptors (Lipinski definition) is 7. The largest absolute Gasteiger partial charge is 0.493 e. The molecule has 1 aromatic carbocycles. The first-order chi connectivity index (χ1) is 12.5. The number of aliphatic hydroxyl groups excluding tert-OH is 1. The summed E-state index contributed by atoms with van der Waals surface area (Å²) in [7, 11) is 4.35. The van der Waals surface area contributed by atoms with Crippen molar-refractivity contribution in [1.82, 2.24) is 10.2 Å². The zero-order valence-electron chi connectivity index (χ0n) is 15.1. The average Bonchev–Trinajstić information content (AvgIpc) is 2.70. The SMILES string of the molecule is COc1cc(C(=O)N[C@@H](CO)C(=O)N2CCOCC2)cc(OC)c1OC. The van der Waals surface area contributed by atoms with Crippen LogP contribution < -0.4 is 19.5 Å². The second-order valence-corrected chi connectivity index (χ2v) is 5.56. The number of morpholine rings is 1. The molecule has 2 N–H and O–H groups in total. The van der Waals surface area contributed by atoms with Crippen molar-refractivity contribution < 1.29 is 33.6 Å². The molecule has 0 bridgehead atoms. The van der Waals surface area contributed by atoms with Crippen LogP contribution in [0.2, 0.25) is 0 Å². The van der Waals surface area contributed by atoms with Crippen molar-refractivity contribution in [3.63, 3.8) is 0 Å². The smallest absolute Gasteiger partial charge is 0.252 e. The lowest BCUT2D eigenvalue weighted by atomic mass is 10.1. The number of aliphatic hydroxyl groups is 1. The standard InChI is InChI=1S/C17H24N2O7/c1-23-13-8-11(9-14(24-2)15(13)25-3)16(21)18-12(10-20)17(22)19-4-6-26-7-5-19/h8-9,12,20H,4-7,10H2,1-3H3,(H,18,21)/t12-/m0/s1. The van der Waals surface area contributed by atoms with Crippen LogP contribution in [0.5, 0.6) is 17.2 Å². The fourth-order valence-electron chi connectivity index (χ4n) is 2.64. The topological polar surface area (TPSA) is 107 Å². The predicted octanol–water partition coefficient (Wildman–Crippen LogP) is -0.338. The van der Waals surface area contributed by atoms with Gasteiger partial charge in [0.2, 0.25) is 11.7 Å². The van der Waals surface area contributed by atoms with E-state index < -0.39 is 18.6 Å². The van der Waals surface area contributed by atoms with Gasteiger partial charge in [-0.05, 0) is 12.1 Å². The molecule has 0 saturated carbocycles. The minimum atomic E-state index is -1.04. The Morgan fingerprint density at radius 2 is 1.73 bits per heavy atom. The fraction of sp³-hybridized carbons (Fsp3) is 0.529. The molecule has 0 spiro atoms. The van der Waals surface area contributed by atoms with Gasteiger partial charge in [-0.1, -0.05) is 0 Å². The van der Waals surface area contributed by atoms with E-state index in [1.807, 2.05) is 0 Å². The minimum Gasteiger partial charge on any atom is -0.493 e. The van der Waals surface area contributed by atoms with Crippen molar-refractivity contribution in [1.29, 1.82) is 0 Å². The highest BCUT2D eigenvalue weighted by Gasteiger charge is 2.27. The van der Waals surface area contributed by atoms with E-state index in [1.54, 1.807) is 4.90 Å². The van der Waals surface area contributed by atoms with Crippen LogP contribution in [0.4, 0.5) is 0 Å². The Hall–Kier alpha value is -2.52. The molecule has 9 heteroatoms. The lowest BCUT2D eigenvalue weighted by molar-refractivity contribution is -0.138. The highest BCUT2D eigenvalue weighted by molar-refractivity contribution is 5.98. The predicted molar refractivity (Wildman–Crippen MR) is 91.8 cm³/mol. The summed E-state index contributed by atoms with van der Waals surface area (Å²) >= 11 is 0. The molecule has 1 aromatic rings. The Balaban J connectivity index is 2.17. The summed E-state index contributed by atoms with van der Waals surface area (Å²) in [6.45, 7) is 1.21.